The molecule has 1 heterocycles. The van der Waals surface area contributed by atoms with E-state index in [4.69, 9.17) is 0 Å². The van der Waals surface area contributed by atoms with Gasteiger partial charge in [-0.2, -0.15) is 13.2 Å². The first-order valence-electron chi connectivity index (χ1n) is 7.94. The molecule has 2 N–H and O–H groups in total. The zero-order chi connectivity index (χ0) is 18.8. The van der Waals surface area contributed by atoms with E-state index in [9.17, 15) is 27.9 Å². The van der Waals surface area contributed by atoms with Gasteiger partial charge in [0.05, 0.1) is 11.0 Å². The van der Waals surface area contributed by atoms with Crippen molar-refractivity contribution in [1.29, 1.82) is 0 Å². The third-order valence-electron chi connectivity index (χ3n) is 4.53. The maximum absolute atomic E-state index is 12.9. The van der Waals surface area contributed by atoms with E-state index < -0.39 is 35.1 Å². The summed E-state index contributed by atoms with van der Waals surface area (Å²) in [6.07, 6.45) is -5.35. The second kappa shape index (κ2) is 7.03. The van der Waals surface area contributed by atoms with Crippen LogP contribution in [0.2, 0.25) is 0 Å². The molecule has 1 aromatic carbocycles. The lowest BCUT2D eigenvalue weighted by molar-refractivity contribution is -0.141. The number of aliphatic hydroxyl groups excluding tert-OH is 1. The molecule has 1 saturated heterocycles. The normalized spacial score (nSPS) is 23.8. The van der Waals surface area contributed by atoms with Gasteiger partial charge in [0.15, 0.2) is 0 Å². The molecule has 0 radical (unpaired) electrons. The Morgan fingerprint density at radius 3 is 2.60 bits per heavy atom. The van der Waals surface area contributed by atoms with Gasteiger partial charge in [-0.25, -0.2) is 0 Å². The maximum atomic E-state index is 12.9. The van der Waals surface area contributed by atoms with E-state index >= 15 is 0 Å². The summed E-state index contributed by atoms with van der Waals surface area (Å²) in [7, 11) is 1.50. The highest BCUT2D eigenvalue weighted by molar-refractivity contribution is 5.95. The summed E-state index contributed by atoms with van der Waals surface area (Å²) >= 11 is 0. The lowest BCUT2D eigenvalue weighted by Gasteiger charge is -2.24. The van der Waals surface area contributed by atoms with Gasteiger partial charge in [-0.1, -0.05) is 18.2 Å². The van der Waals surface area contributed by atoms with Crippen molar-refractivity contribution in [2.45, 2.75) is 32.0 Å². The SMILES string of the molecule is CN1CC(C)(C(=O)NCCCc2ccccc2C(F)(F)F)C(O)C1=O. The van der Waals surface area contributed by atoms with Gasteiger partial charge in [-0.3, -0.25) is 9.59 Å². The summed E-state index contributed by atoms with van der Waals surface area (Å²) < 4.78 is 38.8. The molecule has 0 bridgehead atoms. The van der Waals surface area contributed by atoms with Crippen LogP contribution in [0.1, 0.15) is 24.5 Å². The quantitative estimate of drug-likeness (QED) is 0.786. The van der Waals surface area contributed by atoms with Crippen LogP contribution < -0.4 is 5.32 Å². The van der Waals surface area contributed by atoms with Gasteiger partial charge in [0, 0.05) is 20.1 Å². The molecule has 25 heavy (non-hydrogen) atoms. The standard InChI is InChI=1S/C17H21F3N2O3/c1-16(10-22(2)14(24)13(16)23)15(25)21-9-5-7-11-6-3-4-8-12(11)17(18,19)20/h3-4,6,8,13,23H,5,7,9-10H2,1-2H3,(H,21,25). The fourth-order valence-electron chi connectivity index (χ4n) is 3.03. The number of alkyl halides is 3. The zero-order valence-corrected chi connectivity index (χ0v) is 14.1. The van der Waals surface area contributed by atoms with Crippen molar-refractivity contribution in [3.05, 3.63) is 35.4 Å². The minimum absolute atomic E-state index is 0.0930. The number of amides is 2. The van der Waals surface area contributed by atoms with Gasteiger partial charge in [-0.05, 0) is 31.4 Å². The predicted molar refractivity (Wildman–Crippen MR) is 84.5 cm³/mol. The lowest BCUT2D eigenvalue weighted by atomic mass is 9.86. The Morgan fingerprint density at radius 2 is 2.04 bits per heavy atom. The minimum atomic E-state index is -4.41. The van der Waals surface area contributed by atoms with Crippen molar-refractivity contribution in [2.24, 2.45) is 5.41 Å². The van der Waals surface area contributed by atoms with Crippen molar-refractivity contribution in [1.82, 2.24) is 10.2 Å². The van der Waals surface area contributed by atoms with Gasteiger partial charge >= 0.3 is 6.18 Å². The van der Waals surface area contributed by atoms with Crippen LogP contribution in [-0.4, -0.2) is 48.1 Å². The number of nitrogens with one attached hydrogen (secondary N) is 1. The molecular formula is C17H21F3N2O3. The highest BCUT2D eigenvalue weighted by Crippen LogP contribution is 2.32. The molecule has 0 spiro atoms. The number of halogens is 3. The van der Waals surface area contributed by atoms with Gasteiger partial charge in [0.25, 0.3) is 5.91 Å². The number of nitrogens with zero attached hydrogens (tertiary/aromatic N) is 1. The number of hydrogen-bond acceptors (Lipinski definition) is 3. The summed E-state index contributed by atoms with van der Waals surface area (Å²) in [4.78, 5) is 25.2. The van der Waals surface area contributed by atoms with Gasteiger partial charge < -0.3 is 15.3 Å². The van der Waals surface area contributed by atoms with Crippen LogP contribution in [0.15, 0.2) is 24.3 Å². The lowest BCUT2D eigenvalue weighted by Crippen LogP contribution is -2.47. The van der Waals surface area contributed by atoms with E-state index in [1.807, 2.05) is 0 Å². The predicted octanol–water partition coefficient (Wildman–Crippen LogP) is 1.59. The molecule has 0 aliphatic carbocycles. The number of aryl methyl sites for hydroxylation is 1. The molecule has 1 aliphatic heterocycles. The summed E-state index contributed by atoms with van der Waals surface area (Å²) in [6.45, 7) is 1.74. The number of likely N-dealkylation sites (tertiary alicyclic amines) is 1. The molecule has 0 aromatic heterocycles. The molecule has 2 amide bonds. The van der Waals surface area contributed by atoms with Crippen molar-refractivity contribution in [3.63, 3.8) is 0 Å². The van der Waals surface area contributed by atoms with E-state index in [2.05, 4.69) is 5.32 Å². The number of likely N-dealkylation sites (N-methyl/N-ethyl adjacent to an activating group) is 1. The smallest absolute Gasteiger partial charge is 0.382 e. The highest BCUT2D eigenvalue weighted by atomic mass is 19.4. The van der Waals surface area contributed by atoms with Crippen molar-refractivity contribution < 1.29 is 27.9 Å². The Bertz CT molecular complexity index is 663. The molecule has 138 valence electrons. The monoisotopic (exact) mass is 358 g/mol. The van der Waals surface area contributed by atoms with E-state index in [0.29, 0.717) is 6.42 Å². The van der Waals surface area contributed by atoms with Gasteiger partial charge in [0.1, 0.15) is 6.10 Å². The zero-order valence-electron chi connectivity index (χ0n) is 14.1. The molecule has 1 fully saturated rings. The molecule has 1 aliphatic rings. The molecule has 5 nitrogen and oxygen atoms in total. The highest BCUT2D eigenvalue weighted by Gasteiger charge is 2.52. The Morgan fingerprint density at radius 1 is 1.40 bits per heavy atom. The van der Waals surface area contributed by atoms with Crippen LogP contribution in [0.4, 0.5) is 13.2 Å². The Balaban J connectivity index is 1.90. The average molecular weight is 358 g/mol. The van der Waals surface area contributed by atoms with E-state index in [-0.39, 0.29) is 25.1 Å². The molecule has 1 aromatic rings. The van der Waals surface area contributed by atoms with E-state index in [1.165, 1.54) is 31.0 Å². The van der Waals surface area contributed by atoms with Crippen LogP contribution in [0.3, 0.4) is 0 Å². The molecule has 2 atom stereocenters. The molecular weight excluding hydrogens is 337 g/mol. The van der Waals surface area contributed by atoms with Gasteiger partial charge in [0.2, 0.25) is 5.91 Å². The third-order valence-corrected chi connectivity index (χ3v) is 4.53. The second-order valence-electron chi connectivity index (χ2n) is 6.53. The largest absolute Gasteiger partial charge is 0.416 e. The fraction of sp³-hybridized carbons (Fsp3) is 0.529. The number of hydrogen-bond donors (Lipinski definition) is 2. The van der Waals surface area contributed by atoms with Crippen LogP contribution in [-0.2, 0) is 22.2 Å². The first kappa shape index (κ1) is 19.2. The maximum Gasteiger partial charge on any atom is 0.416 e. The number of aliphatic hydroxyl groups is 1. The Labute approximate surface area is 143 Å². The fourth-order valence-corrected chi connectivity index (χ4v) is 3.03. The van der Waals surface area contributed by atoms with Crippen molar-refractivity contribution in [2.75, 3.05) is 20.1 Å². The number of rotatable bonds is 5. The summed E-state index contributed by atoms with van der Waals surface area (Å²) in [5.74, 6) is -1.00. The molecule has 2 unspecified atom stereocenters. The number of carbonyl (C=O) groups excluding carboxylic acids is 2. The van der Waals surface area contributed by atoms with Gasteiger partial charge in [-0.15, -0.1) is 0 Å². The average Bonchev–Trinajstić information content (AvgIpc) is 2.75. The second-order valence-corrected chi connectivity index (χ2v) is 6.53. The topological polar surface area (TPSA) is 69.6 Å². The first-order valence-corrected chi connectivity index (χ1v) is 7.94. The summed E-state index contributed by atoms with van der Waals surface area (Å²) in [5.41, 5.74) is -1.76. The van der Waals surface area contributed by atoms with Crippen LogP contribution in [0, 0.1) is 5.41 Å². The van der Waals surface area contributed by atoms with Crippen molar-refractivity contribution >= 4 is 11.8 Å². The molecule has 0 saturated carbocycles. The summed E-state index contributed by atoms with van der Waals surface area (Å²) in [6, 6.07) is 5.33. The van der Waals surface area contributed by atoms with Crippen molar-refractivity contribution in [3.8, 4) is 0 Å². The Hall–Kier alpha value is -2.09. The van der Waals surface area contributed by atoms with Crippen LogP contribution in [0.5, 0.6) is 0 Å². The molecule has 8 heteroatoms. The molecule has 2 rings (SSSR count). The minimum Gasteiger partial charge on any atom is -0.382 e. The third kappa shape index (κ3) is 3.95. The van der Waals surface area contributed by atoms with Crippen LogP contribution >= 0.6 is 0 Å². The van der Waals surface area contributed by atoms with E-state index in [0.717, 1.165) is 6.07 Å². The van der Waals surface area contributed by atoms with E-state index in [1.54, 1.807) is 6.07 Å². The number of carbonyl (C=O) groups is 2. The van der Waals surface area contributed by atoms with Crippen LogP contribution in [0.25, 0.3) is 0 Å². The number of benzene rings is 1. The first-order chi connectivity index (χ1) is 11.6. The summed E-state index contributed by atoms with van der Waals surface area (Å²) in [5, 5.41) is 12.5. The Kier molecular flexibility index (Phi) is 5.41.